The number of benzene rings is 2. The standard InChI is InChI=1S/C36H41N3O7/c1-23(2)26(22-40)39-32-34(43)38(21-24-12-6-3-7-13-24)19-11-5-10-16-29(41)37-20-28(25-14-8-4-9-15-25)45-35(44)30-27-17-18-36(32,46-27)31(30)33(39)42/h3-9,11-15,17-18,23,26-28,30-32,40H,10,16,19-22H2,1-2H3,(H,37,41)/b11-5-/t26-,27-,28-,30+,31+,32-,36+/m0/s1. The summed E-state index contributed by atoms with van der Waals surface area (Å²) < 4.78 is 12.6. The zero-order valence-electron chi connectivity index (χ0n) is 26.2. The van der Waals surface area contributed by atoms with Crippen molar-refractivity contribution in [1.29, 1.82) is 0 Å². The molecule has 5 bridgehead atoms. The molecule has 0 aromatic heterocycles. The smallest absolute Gasteiger partial charge is 0.313 e. The third-order valence-corrected chi connectivity index (χ3v) is 9.60. The summed E-state index contributed by atoms with van der Waals surface area (Å²) in [5, 5.41) is 13.4. The van der Waals surface area contributed by atoms with E-state index in [2.05, 4.69) is 5.32 Å². The molecule has 2 saturated heterocycles. The van der Waals surface area contributed by atoms with E-state index in [0.717, 1.165) is 5.56 Å². The van der Waals surface area contributed by atoms with Crippen LogP contribution in [0.4, 0.5) is 0 Å². The Morgan fingerprint density at radius 1 is 0.978 bits per heavy atom. The topological polar surface area (TPSA) is 125 Å². The van der Waals surface area contributed by atoms with Crippen molar-refractivity contribution < 1.29 is 33.8 Å². The number of carbonyl (C=O) groups is 4. The van der Waals surface area contributed by atoms with Crippen LogP contribution in [-0.4, -0.2) is 82.1 Å². The Labute approximate surface area is 269 Å². The largest absolute Gasteiger partial charge is 0.455 e. The van der Waals surface area contributed by atoms with Crippen LogP contribution < -0.4 is 5.32 Å². The van der Waals surface area contributed by atoms with Gasteiger partial charge < -0.3 is 29.7 Å². The van der Waals surface area contributed by atoms with Gasteiger partial charge in [-0.3, -0.25) is 19.2 Å². The number of amides is 3. The van der Waals surface area contributed by atoms with Crippen LogP contribution in [0.5, 0.6) is 0 Å². The fraction of sp³-hybridized carbons (Fsp3) is 0.444. The van der Waals surface area contributed by atoms with Crippen molar-refractivity contribution in [2.75, 3.05) is 19.7 Å². The van der Waals surface area contributed by atoms with Gasteiger partial charge in [0.05, 0.1) is 31.2 Å². The molecule has 7 atom stereocenters. The maximum Gasteiger partial charge on any atom is 0.313 e. The van der Waals surface area contributed by atoms with Crippen molar-refractivity contribution in [2.45, 2.75) is 63.1 Å². The summed E-state index contributed by atoms with van der Waals surface area (Å²) in [4.78, 5) is 59.4. The lowest BCUT2D eigenvalue weighted by molar-refractivity contribution is -0.160. The molecule has 0 saturated carbocycles. The van der Waals surface area contributed by atoms with Crippen molar-refractivity contribution in [3.05, 3.63) is 96.1 Å². The van der Waals surface area contributed by atoms with Crippen molar-refractivity contribution in [3.63, 3.8) is 0 Å². The highest BCUT2D eigenvalue weighted by molar-refractivity contribution is 5.99. The number of rotatable bonds is 6. The quantitative estimate of drug-likeness (QED) is 0.373. The molecule has 3 amide bonds. The Morgan fingerprint density at radius 2 is 1.70 bits per heavy atom. The second-order valence-corrected chi connectivity index (χ2v) is 12.8. The molecule has 2 fully saturated rings. The van der Waals surface area contributed by atoms with Crippen molar-refractivity contribution in [3.8, 4) is 0 Å². The van der Waals surface area contributed by atoms with Crippen LogP contribution in [-0.2, 0) is 35.2 Å². The van der Waals surface area contributed by atoms with Crippen molar-refractivity contribution >= 4 is 23.7 Å². The molecule has 4 aliphatic rings. The zero-order valence-corrected chi connectivity index (χ0v) is 26.2. The average Bonchev–Trinajstić information content (AvgIpc) is 3.70. The molecule has 0 unspecified atom stereocenters. The van der Waals surface area contributed by atoms with Crippen molar-refractivity contribution in [1.82, 2.24) is 15.1 Å². The van der Waals surface area contributed by atoms with E-state index in [1.54, 1.807) is 17.1 Å². The van der Waals surface area contributed by atoms with Gasteiger partial charge in [-0.25, -0.2) is 0 Å². The van der Waals surface area contributed by atoms with E-state index >= 15 is 0 Å². The number of esters is 1. The summed E-state index contributed by atoms with van der Waals surface area (Å²) in [5.41, 5.74) is 0.198. The molecule has 4 aliphatic heterocycles. The maximum atomic E-state index is 14.8. The molecule has 2 N–H and O–H groups in total. The maximum absolute atomic E-state index is 14.8. The molecule has 1 spiro atoms. The minimum Gasteiger partial charge on any atom is -0.455 e. The number of hydrogen-bond donors (Lipinski definition) is 2. The molecule has 242 valence electrons. The number of allylic oxidation sites excluding steroid dienone is 1. The molecule has 6 rings (SSSR count). The minimum atomic E-state index is -1.41. The Balaban J connectivity index is 1.43. The van der Waals surface area contributed by atoms with E-state index in [1.807, 2.05) is 86.7 Å². The van der Waals surface area contributed by atoms with Gasteiger partial charge in [-0.2, -0.15) is 0 Å². The lowest BCUT2D eigenvalue weighted by atomic mass is 9.74. The first-order valence-corrected chi connectivity index (χ1v) is 16.0. The summed E-state index contributed by atoms with van der Waals surface area (Å²) in [6.45, 7) is 3.99. The Bertz CT molecular complexity index is 1510. The van der Waals surface area contributed by atoms with E-state index in [9.17, 15) is 24.3 Å². The van der Waals surface area contributed by atoms with Crippen LogP contribution >= 0.6 is 0 Å². The SMILES string of the molecule is CC(C)[C@H](CO)N1C(=O)[C@H]2[C@@H]3C(=O)O[C@H](c4ccccc4)CNC(=O)CC/C=C\CN(Cc4ccccc4)C(=O)[C@H]1[C@@]21C=C[C@@H]3O1. The van der Waals surface area contributed by atoms with Crippen LogP contribution in [0.2, 0.25) is 0 Å². The second kappa shape index (κ2) is 13.2. The second-order valence-electron chi connectivity index (χ2n) is 12.8. The lowest BCUT2D eigenvalue weighted by Gasteiger charge is -2.40. The third-order valence-electron chi connectivity index (χ3n) is 9.60. The average molecular weight is 628 g/mol. The number of carbonyl (C=O) groups excluding carboxylic acids is 4. The van der Waals surface area contributed by atoms with Gasteiger partial charge in [0.1, 0.15) is 23.7 Å². The lowest BCUT2D eigenvalue weighted by Crippen LogP contribution is -2.59. The van der Waals surface area contributed by atoms with Gasteiger partial charge in [0.25, 0.3) is 0 Å². The van der Waals surface area contributed by atoms with E-state index < -0.39 is 53.6 Å². The molecule has 2 aromatic carbocycles. The van der Waals surface area contributed by atoms with E-state index in [-0.39, 0.29) is 50.4 Å². The molecule has 46 heavy (non-hydrogen) atoms. The summed E-state index contributed by atoms with van der Waals surface area (Å²) in [6.07, 6.45) is 6.36. The number of cyclic esters (lactones) is 1. The van der Waals surface area contributed by atoms with Gasteiger partial charge in [-0.05, 0) is 23.5 Å². The van der Waals surface area contributed by atoms with E-state index in [1.165, 1.54) is 4.90 Å². The van der Waals surface area contributed by atoms with Gasteiger partial charge in [-0.15, -0.1) is 0 Å². The first-order chi connectivity index (χ1) is 22.2. The Hall–Kier alpha value is -4.28. The number of nitrogens with one attached hydrogen (secondary N) is 1. The van der Waals surface area contributed by atoms with Crippen LogP contribution in [0.15, 0.2) is 85.0 Å². The predicted octanol–water partition coefficient (Wildman–Crippen LogP) is 2.93. The fourth-order valence-electron chi connectivity index (χ4n) is 7.29. The van der Waals surface area contributed by atoms with Crippen LogP contribution in [0.3, 0.4) is 0 Å². The number of nitrogens with zero attached hydrogens (tertiary/aromatic N) is 2. The molecule has 0 radical (unpaired) electrons. The van der Waals surface area contributed by atoms with E-state index in [0.29, 0.717) is 12.0 Å². The molecular weight excluding hydrogens is 586 g/mol. The summed E-state index contributed by atoms with van der Waals surface area (Å²) >= 11 is 0. The first-order valence-electron chi connectivity index (χ1n) is 16.0. The number of aliphatic hydroxyl groups is 1. The predicted molar refractivity (Wildman–Crippen MR) is 169 cm³/mol. The summed E-state index contributed by atoms with van der Waals surface area (Å²) in [6, 6.07) is 16.9. The molecule has 10 heteroatoms. The van der Waals surface area contributed by atoms with Gasteiger partial charge in [0.2, 0.25) is 17.7 Å². The van der Waals surface area contributed by atoms with Crippen molar-refractivity contribution in [2.24, 2.45) is 17.8 Å². The molecule has 2 aromatic rings. The summed E-state index contributed by atoms with van der Waals surface area (Å²) in [5.74, 6) is -3.80. The molecule has 0 aliphatic carbocycles. The first kappa shape index (κ1) is 31.7. The fourth-order valence-corrected chi connectivity index (χ4v) is 7.29. The highest BCUT2D eigenvalue weighted by Gasteiger charge is 2.74. The number of ether oxygens (including phenoxy) is 2. The summed E-state index contributed by atoms with van der Waals surface area (Å²) in [7, 11) is 0. The molecule has 4 heterocycles. The minimum absolute atomic E-state index is 0.0637. The molecule has 10 nitrogen and oxygen atoms in total. The number of likely N-dealkylation sites (tertiary alicyclic amines) is 1. The monoisotopic (exact) mass is 627 g/mol. The van der Waals surface area contributed by atoms with Gasteiger partial charge in [0.15, 0.2) is 0 Å². The Kier molecular flexibility index (Phi) is 9.11. The highest BCUT2D eigenvalue weighted by atomic mass is 16.6. The van der Waals surface area contributed by atoms with E-state index in [4.69, 9.17) is 9.47 Å². The number of aliphatic hydroxyl groups excluding tert-OH is 1. The van der Waals surface area contributed by atoms with Gasteiger partial charge in [-0.1, -0.05) is 98.8 Å². The number of fused-ring (bicyclic) bond motifs is 2. The van der Waals surface area contributed by atoms with Gasteiger partial charge >= 0.3 is 5.97 Å². The normalized spacial score (nSPS) is 31.2. The van der Waals surface area contributed by atoms with Gasteiger partial charge in [0, 0.05) is 19.5 Å². The third kappa shape index (κ3) is 5.76. The highest BCUT2D eigenvalue weighted by Crippen LogP contribution is 2.56. The van der Waals surface area contributed by atoms with Crippen LogP contribution in [0, 0.1) is 17.8 Å². The zero-order chi connectivity index (χ0) is 32.4. The Morgan fingerprint density at radius 3 is 2.39 bits per heavy atom. The van der Waals surface area contributed by atoms with Crippen LogP contribution in [0.25, 0.3) is 0 Å². The van der Waals surface area contributed by atoms with Crippen LogP contribution in [0.1, 0.15) is 43.9 Å². The number of hydrogen-bond acceptors (Lipinski definition) is 7. The molecular formula is C36H41N3O7.